The maximum atomic E-state index is 14.3. The number of benzene rings is 1. The molecule has 8 heteroatoms. The third kappa shape index (κ3) is 3.74. The minimum Gasteiger partial charge on any atom is -0.376 e. The van der Waals surface area contributed by atoms with E-state index in [0.717, 1.165) is 25.1 Å². The van der Waals surface area contributed by atoms with Crippen LogP contribution in [0, 0.1) is 17.1 Å². The number of nitrogens with one attached hydrogen (secondary N) is 2. The zero-order valence-corrected chi connectivity index (χ0v) is 13.5. The molecule has 0 unspecified atom stereocenters. The summed E-state index contributed by atoms with van der Waals surface area (Å²) in [5, 5.41) is 10.2. The second kappa shape index (κ2) is 6.86. The highest BCUT2D eigenvalue weighted by Crippen LogP contribution is 2.36. The van der Waals surface area contributed by atoms with Crippen molar-refractivity contribution in [2.75, 3.05) is 11.9 Å². The fraction of sp³-hybridized carbons (Fsp3) is 0.278. The Morgan fingerprint density at radius 3 is 2.69 bits per heavy atom. The molecule has 26 heavy (non-hydrogen) atoms. The van der Waals surface area contributed by atoms with E-state index in [1.165, 1.54) is 18.3 Å². The summed E-state index contributed by atoms with van der Waals surface area (Å²) in [6, 6.07) is 4.41. The van der Waals surface area contributed by atoms with Gasteiger partial charge in [-0.05, 0) is 25.0 Å². The highest BCUT2D eigenvalue weighted by atomic mass is 19.4. The molecule has 0 amide bonds. The van der Waals surface area contributed by atoms with E-state index in [1.54, 1.807) is 0 Å². The SMILES string of the molecule is N=Cc1ncc(-c2cccc(C(F)(F)F)c2F)cc1NCC(=O)C1CC1. The number of aromatic nitrogens is 1. The van der Waals surface area contributed by atoms with Gasteiger partial charge >= 0.3 is 6.18 Å². The second-order valence-corrected chi connectivity index (χ2v) is 6.06. The van der Waals surface area contributed by atoms with Gasteiger partial charge < -0.3 is 10.7 Å². The number of alkyl halides is 3. The Kier molecular flexibility index (Phi) is 4.76. The first-order valence-corrected chi connectivity index (χ1v) is 7.94. The van der Waals surface area contributed by atoms with Gasteiger partial charge in [0.15, 0.2) is 5.78 Å². The Hall–Kier alpha value is -2.77. The van der Waals surface area contributed by atoms with Gasteiger partial charge in [0.1, 0.15) is 11.5 Å². The molecule has 4 nitrogen and oxygen atoms in total. The van der Waals surface area contributed by atoms with Gasteiger partial charge in [-0.25, -0.2) is 4.39 Å². The summed E-state index contributed by atoms with van der Waals surface area (Å²) in [5.41, 5.74) is -0.974. The molecule has 1 aromatic heterocycles. The summed E-state index contributed by atoms with van der Waals surface area (Å²) in [6.45, 7) is 0.0295. The number of hydrogen-bond acceptors (Lipinski definition) is 4. The third-order valence-electron chi connectivity index (χ3n) is 4.16. The number of anilines is 1. The van der Waals surface area contributed by atoms with E-state index in [0.29, 0.717) is 11.8 Å². The summed E-state index contributed by atoms with van der Waals surface area (Å²) in [5.74, 6) is -1.32. The molecular formula is C18H15F4N3O. The molecule has 0 aliphatic heterocycles. The minimum absolute atomic E-state index is 0.0246. The van der Waals surface area contributed by atoms with Crippen molar-refractivity contribution in [1.29, 1.82) is 5.41 Å². The van der Waals surface area contributed by atoms with Crippen molar-refractivity contribution in [1.82, 2.24) is 4.98 Å². The van der Waals surface area contributed by atoms with Crippen molar-refractivity contribution < 1.29 is 22.4 Å². The number of pyridine rings is 1. The van der Waals surface area contributed by atoms with E-state index >= 15 is 0 Å². The van der Waals surface area contributed by atoms with E-state index in [-0.39, 0.29) is 35.1 Å². The molecule has 3 rings (SSSR count). The lowest BCUT2D eigenvalue weighted by molar-refractivity contribution is -0.139. The normalized spacial score (nSPS) is 14.2. The predicted molar refractivity (Wildman–Crippen MR) is 88.7 cm³/mol. The largest absolute Gasteiger partial charge is 0.419 e. The Labute approximate surface area is 146 Å². The summed E-state index contributed by atoms with van der Waals surface area (Å²) < 4.78 is 53.0. The van der Waals surface area contributed by atoms with Crippen molar-refractivity contribution in [3.63, 3.8) is 0 Å². The number of ketones is 1. The molecule has 0 saturated heterocycles. The average molecular weight is 365 g/mol. The predicted octanol–water partition coefficient (Wildman–Crippen LogP) is 4.30. The number of rotatable bonds is 6. The van der Waals surface area contributed by atoms with Gasteiger partial charge in [-0.3, -0.25) is 9.78 Å². The zero-order chi connectivity index (χ0) is 18.9. The summed E-state index contributed by atoms with van der Waals surface area (Å²) in [6.07, 6.45) is -0.944. The Morgan fingerprint density at radius 2 is 2.08 bits per heavy atom. The Morgan fingerprint density at radius 1 is 1.35 bits per heavy atom. The van der Waals surface area contributed by atoms with Crippen molar-refractivity contribution in [3.8, 4) is 11.1 Å². The van der Waals surface area contributed by atoms with E-state index in [4.69, 9.17) is 5.41 Å². The first kappa shape index (κ1) is 18.0. The Balaban J connectivity index is 1.94. The van der Waals surface area contributed by atoms with Gasteiger partial charge in [0.2, 0.25) is 0 Å². The molecule has 2 aromatic rings. The quantitative estimate of drug-likeness (QED) is 0.593. The van der Waals surface area contributed by atoms with Gasteiger partial charge in [0.05, 0.1) is 17.8 Å². The summed E-state index contributed by atoms with van der Waals surface area (Å²) in [4.78, 5) is 15.8. The Bertz CT molecular complexity index is 860. The smallest absolute Gasteiger partial charge is 0.376 e. The van der Waals surface area contributed by atoms with Gasteiger partial charge in [-0.2, -0.15) is 13.2 Å². The molecular weight excluding hydrogens is 350 g/mol. The molecule has 0 radical (unpaired) electrons. The summed E-state index contributed by atoms with van der Waals surface area (Å²) in [7, 11) is 0. The van der Waals surface area contributed by atoms with Crippen LogP contribution >= 0.6 is 0 Å². The molecule has 2 N–H and O–H groups in total. The van der Waals surface area contributed by atoms with Crippen LogP contribution in [0.1, 0.15) is 24.1 Å². The van der Waals surface area contributed by atoms with Crippen LogP contribution in [0.2, 0.25) is 0 Å². The fourth-order valence-corrected chi connectivity index (χ4v) is 2.59. The first-order valence-electron chi connectivity index (χ1n) is 7.94. The molecule has 0 bridgehead atoms. The zero-order valence-electron chi connectivity index (χ0n) is 13.5. The maximum absolute atomic E-state index is 14.3. The maximum Gasteiger partial charge on any atom is 0.419 e. The van der Waals surface area contributed by atoms with Gasteiger partial charge in [-0.1, -0.05) is 12.1 Å². The topological polar surface area (TPSA) is 65.8 Å². The minimum atomic E-state index is -4.81. The van der Waals surface area contributed by atoms with Crippen LogP contribution in [-0.2, 0) is 11.0 Å². The molecule has 0 spiro atoms. The summed E-state index contributed by atoms with van der Waals surface area (Å²) >= 11 is 0. The van der Waals surface area contributed by atoms with E-state index in [1.807, 2.05) is 0 Å². The molecule has 0 atom stereocenters. The molecule has 1 aliphatic rings. The van der Waals surface area contributed by atoms with Gasteiger partial charge in [0, 0.05) is 29.5 Å². The molecule has 136 valence electrons. The monoisotopic (exact) mass is 365 g/mol. The average Bonchev–Trinajstić information content (AvgIpc) is 3.43. The van der Waals surface area contributed by atoms with Crippen molar-refractivity contribution in [2.24, 2.45) is 5.92 Å². The lowest BCUT2D eigenvalue weighted by Gasteiger charge is -2.13. The second-order valence-electron chi connectivity index (χ2n) is 6.06. The number of carbonyl (C=O) groups excluding carboxylic acids is 1. The lowest BCUT2D eigenvalue weighted by Crippen LogP contribution is -2.16. The molecule has 1 saturated carbocycles. The van der Waals surface area contributed by atoms with E-state index < -0.39 is 17.6 Å². The van der Waals surface area contributed by atoms with Crippen LogP contribution in [0.4, 0.5) is 23.2 Å². The van der Waals surface area contributed by atoms with Crippen molar-refractivity contribution >= 4 is 17.7 Å². The van der Waals surface area contributed by atoms with Crippen LogP contribution in [0.25, 0.3) is 11.1 Å². The molecule has 1 aliphatic carbocycles. The lowest BCUT2D eigenvalue weighted by atomic mass is 10.0. The third-order valence-corrected chi connectivity index (χ3v) is 4.16. The molecule has 1 aromatic carbocycles. The first-order chi connectivity index (χ1) is 12.3. The number of halogens is 4. The van der Waals surface area contributed by atoms with E-state index in [9.17, 15) is 22.4 Å². The number of carbonyl (C=O) groups is 1. The highest BCUT2D eigenvalue weighted by molar-refractivity contribution is 5.90. The van der Waals surface area contributed by atoms with Crippen molar-refractivity contribution in [2.45, 2.75) is 19.0 Å². The van der Waals surface area contributed by atoms with Gasteiger partial charge in [0.25, 0.3) is 0 Å². The van der Waals surface area contributed by atoms with Crippen LogP contribution in [-0.4, -0.2) is 23.5 Å². The number of nitrogens with zero attached hydrogens (tertiary/aromatic N) is 1. The number of Topliss-reactive ketones (excluding diaryl/α,β-unsaturated/α-hetero) is 1. The molecule has 1 fully saturated rings. The standard InChI is InChI=1S/C18H15F4N3O/c19-17-12(2-1-3-13(17)18(20,21)22)11-6-14(15(7-23)24-8-11)25-9-16(26)10-4-5-10/h1-3,6-8,10,23,25H,4-5,9H2. The van der Waals surface area contributed by atoms with Crippen LogP contribution < -0.4 is 5.32 Å². The van der Waals surface area contributed by atoms with Crippen LogP contribution in [0.15, 0.2) is 30.5 Å². The van der Waals surface area contributed by atoms with Crippen LogP contribution in [0.3, 0.4) is 0 Å². The van der Waals surface area contributed by atoms with Gasteiger partial charge in [-0.15, -0.1) is 0 Å². The van der Waals surface area contributed by atoms with Crippen molar-refractivity contribution in [3.05, 3.63) is 47.5 Å². The fourth-order valence-electron chi connectivity index (χ4n) is 2.59. The van der Waals surface area contributed by atoms with E-state index in [2.05, 4.69) is 10.3 Å². The molecule has 1 heterocycles. The highest BCUT2D eigenvalue weighted by Gasteiger charge is 2.35. The van der Waals surface area contributed by atoms with Crippen LogP contribution in [0.5, 0.6) is 0 Å². The number of hydrogen-bond donors (Lipinski definition) is 2.